The van der Waals surface area contributed by atoms with Gasteiger partial charge in [-0.3, -0.25) is 4.98 Å². The third-order valence-electron chi connectivity index (χ3n) is 4.45. The number of nitrogens with zero attached hydrogens (tertiary/aromatic N) is 3. The molecular formula is C21H14F4N4. The number of fused-ring (bicyclic) bond motifs is 1. The van der Waals surface area contributed by atoms with Gasteiger partial charge in [-0.15, -0.1) is 0 Å². The van der Waals surface area contributed by atoms with Crippen molar-refractivity contribution in [2.24, 2.45) is 0 Å². The Morgan fingerprint density at radius 3 is 2.45 bits per heavy atom. The number of alkyl halides is 3. The van der Waals surface area contributed by atoms with E-state index in [2.05, 4.69) is 20.3 Å². The molecule has 0 aliphatic carbocycles. The van der Waals surface area contributed by atoms with Crippen LogP contribution in [0.4, 0.5) is 23.4 Å². The SMILES string of the molecule is CNc1nc(-c2cccnc2)nc2ccc(-c3ccc(F)cc3C(F)(F)F)cc12. The fourth-order valence-electron chi connectivity index (χ4n) is 3.11. The van der Waals surface area contributed by atoms with Crippen molar-refractivity contribution in [2.75, 3.05) is 12.4 Å². The summed E-state index contributed by atoms with van der Waals surface area (Å²) in [7, 11) is 1.67. The van der Waals surface area contributed by atoms with Gasteiger partial charge in [0.1, 0.15) is 11.6 Å². The Kier molecular flexibility index (Phi) is 4.62. The molecule has 0 atom stereocenters. The van der Waals surface area contributed by atoms with Crippen LogP contribution in [0.3, 0.4) is 0 Å². The summed E-state index contributed by atoms with van der Waals surface area (Å²) in [5, 5.41) is 3.51. The Hall–Kier alpha value is -3.55. The standard InChI is InChI=1S/C21H14F4N4/c1-26-20-16-9-12(15-6-5-14(22)10-17(15)21(23,24)25)4-7-18(16)28-19(29-20)13-3-2-8-27-11-13/h2-11H,1H3,(H,26,28,29). The largest absolute Gasteiger partial charge is 0.417 e. The number of halogens is 4. The van der Waals surface area contributed by atoms with Crippen molar-refractivity contribution in [3.8, 4) is 22.5 Å². The fourth-order valence-corrected chi connectivity index (χ4v) is 3.11. The Balaban J connectivity index is 1.90. The van der Waals surface area contributed by atoms with E-state index in [4.69, 9.17) is 0 Å². The van der Waals surface area contributed by atoms with E-state index in [1.165, 1.54) is 6.07 Å². The number of benzene rings is 2. The molecule has 4 nitrogen and oxygen atoms in total. The van der Waals surface area contributed by atoms with Gasteiger partial charge in [-0.2, -0.15) is 13.2 Å². The van der Waals surface area contributed by atoms with E-state index in [-0.39, 0.29) is 5.56 Å². The minimum absolute atomic E-state index is 0.112. The maximum atomic E-state index is 13.4. The Labute approximate surface area is 163 Å². The summed E-state index contributed by atoms with van der Waals surface area (Å²) >= 11 is 0. The minimum Gasteiger partial charge on any atom is -0.373 e. The number of rotatable bonds is 3. The number of hydrogen-bond acceptors (Lipinski definition) is 4. The molecule has 4 aromatic rings. The van der Waals surface area contributed by atoms with E-state index >= 15 is 0 Å². The quantitative estimate of drug-likeness (QED) is 0.459. The number of nitrogens with one attached hydrogen (secondary N) is 1. The van der Waals surface area contributed by atoms with Crippen LogP contribution in [-0.4, -0.2) is 22.0 Å². The lowest BCUT2D eigenvalue weighted by molar-refractivity contribution is -0.137. The van der Waals surface area contributed by atoms with Crippen molar-refractivity contribution < 1.29 is 17.6 Å². The maximum absolute atomic E-state index is 13.4. The lowest BCUT2D eigenvalue weighted by Gasteiger charge is -2.14. The van der Waals surface area contributed by atoms with E-state index in [1.54, 1.807) is 37.6 Å². The molecule has 0 bridgehead atoms. The van der Waals surface area contributed by atoms with Gasteiger partial charge in [0.15, 0.2) is 5.82 Å². The number of hydrogen-bond donors (Lipinski definition) is 1. The van der Waals surface area contributed by atoms with E-state index in [0.717, 1.165) is 12.1 Å². The smallest absolute Gasteiger partial charge is 0.373 e. The van der Waals surface area contributed by atoms with Crippen LogP contribution in [0.2, 0.25) is 0 Å². The zero-order chi connectivity index (χ0) is 20.6. The molecule has 29 heavy (non-hydrogen) atoms. The van der Waals surface area contributed by atoms with Gasteiger partial charge in [-0.1, -0.05) is 12.1 Å². The molecule has 146 valence electrons. The van der Waals surface area contributed by atoms with Crippen molar-refractivity contribution in [3.05, 3.63) is 72.3 Å². The van der Waals surface area contributed by atoms with Gasteiger partial charge in [0.05, 0.1) is 11.1 Å². The molecule has 0 radical (unpaired) electrons. The number of aromatic nitrogens is 3. The summed E-state index contributed by atoms with van der Waals surface area (Å²) in [6.45, 7) is 0. The van der Waals surface area contributed by atoms with Gasteiger partial charge < -0.3 is 5.32 Å². The predicted octanol–water partition coefficient (Wildman–Crippen LogP) is 5.56. The van der Waals surface area contributed by atoms with E-state index in [1.807, 2.05) is 6.07 Å². The molecule has 4 rings (SSSR count). The normalized spacial score (nSPS) is 11.6. The lowest BCUT2D eigenvalue weighted by Crippen LogP contribution is -2.08. The van der Waals surface area contributed by atoms with Crippen molar-refractivity contribution in [2.45, 2.75) is 6.18 Å². The van der Waals surface area contributed by atoms with Crippen LogP contribution < -0.4 is 5.32 Å². The summed E-state index contributed by atoms with van der Waals surface area (Å²) in [4.78, 5) is 13.0. The molecule has 8 heteroatoms. The van der Waals surface area contributed by atoms with Crippen LogP contribution >= 0.6 is 0 Å². The topological polar surface area (TPSA) is 50.7 Å². The van der Waals surface area contributed by atoms with Crippen LogP contribution in [0.1, 0.15) is 5.56 Å². The van der Waals surface area contributed by atoms with Crippen molar-refractivity contribution in [3.63, 3.8) is 0 Å². The molecule has 0 fully saturated rings. The second kappa shape index (κ2) is 7.12. The molecule has 1 N–H and O–H groups in total. The van der Waals surface area contributed by atoms with Crippen LogP contribution in [-0.2, 0) is 6.18 Å². The molecule has 2 aromatic heterocycles. The molecule has 0 spiro atoms. The third-order valence-corrected chi connectivity index (χ3v) is 4.45. The molecule has 0 amide bonds. The zero-order valence-corrected chi connectivity index (χ0v) is 15.1. The Morgan fingerprint density at radius 1 is 0.931 bits per heavy atom. The van der Waals surface area contributed by atoms with Crippen molar-refractivity contribution in [1.29, 1.82) is 0 Å². The second-order valence-electron chi connectivity index (χ2n) is 6.31. The summed E-state index contributed by atoms with van der Waals surface area (Å²) in [5.74, 6) is -0.0333. The first-order valence-electron chi connectivity index (χ1n) is 8.64. The Morgan fingerprint density at radius 2 is 1.76 bits per heavy atom. The van der Waals surface area contributed by atoms with Gasteiger partial charge >= 0.3 is 6.18 Å². The maximum Gasteiger partial charge on any atom is 0.417 e. The first-order chi connectivity index (χ1) is 13.9. The van der Waals surface area contributed by atoms with E-state index < -0.39 is 17.6 Å². The summed E-state index contributed by atoms with van der Waals surface area (Å²) in [6, 6.07) is 10.9. The summed E-state index contributed by atoms with van der Waals surface area (Å²) in [6.07, 6.45) is -1.42. The molecule has 0 unspecified atom stereocenters. The minimum atomic E-state index is -4.68. The molecule has 0 saturated carbocycles. The monoisotopic (exact) mass is 398 g/mol. The summed E-state index contributed by atoms with van der Waals surface area (Å²) < 4.78 is 53.6. The van der Waals surface area contributed by atoms with Gasteiger partial charge in [-0.05, 0) is 47.5 Å². The highest BCUT2D eigenvalue weighted by Crippen LogP contribution is 2.39. The van der Waals surface area contributed by atoms with Gasteiger partial charge in [0.2, 0.25) is 0 Å². The van der Waals surface area contributed by atoms with Gasteiger partial charge in [0.25, 0.3) is 0 Å². The van der Waals surface area contributed by atoms with Crippen LogP contribution in [0.5, 0.6) is 0 Å². The summed E-state index contributed by atoms with van der Waals surface area (Å²) in [5.41, 5.74) is 0.421. The molecule has 2 heterocycles. The zero-order valence-electron chi connectivity index (χ0n) is 15.1. The van der Waals surface area contributed by atoms with E-state index in [9.17, 15) is 17.6 Å². The van der Waals surface area contributed by atoms with Crippen LogP contribution in [0, 0.1) is 5.82 Å². The Bertz CT molecular complexity index is 1190. The highest BCUT2D eigenvalue weighted by atomic mass is 19.4. The molecule has 0 aliphatic heterocycles. The first kappa shape index (κ1) is 18.8. The highest BCUT2D eigenvalue weighted by Gasteiger charge is 2.34. The fraction of sp³-hybridized carbons (Fsp3) is 0.0952. The second-order valence-corrected chi connectivity index (χ2v) is 6.31. The van der Waals surface area contributed by atoms with Gasteiger partial charge in [0, 0.05) is 30.4 Å². The molecule has 2 aromatic carbocycles. The van der Waals surface area contributed by atoms with Crippen molar-refractivity contribution in [1.82, 2.24) is 15.0 Å². The highest BCUT2D eigenvalue weighted by molar-refractivity contribution is 5.94. The lowest BCUT2D eigenvalue weighted by atomic mass is 9.97. The molecular weight excluding hydrogens is 384 g/mol. The molecule has 0 saturated heterocycles. The number of pyridine rings is 1. The molecule has 0 aliphatic rings. The van der Waals surface area contributed by atoms with Crippen LogP contribution in [0.25, 0.3) is 33.4 Å². The average molecular weight is 398 g/mol. The first-order valence-corrected chi connectivity index (χ1v) is 8.64. The third kappa shape index (κ3) is 3.61. The van der Waals surface area contributed by atoms with Crippen LogP contribution in [0.15, 0.2) is 60.9 Å². The average Bonchev–Trinajstić information content (AvgIpc) is 2.72. The van der Waals surface area contributed by atoms with E-state index in [0.29, 0.717) is 39.7 Å². The number of anilines is 1. The predicted molar refractivity (Wildman–Crippen MR) is 103 cm³/mol. The van der Waals surface area contributed by atoms with Gasteiger partial charge in [-0.25, -0.2) is 14.4 Å². The van der Waals surface area contributed by atoms with Crippen molar-refractivity contribution >= 4 is 16.7 Å².